The van der Waals surface area contributed by atoms with Crippen molar-refractivity contribution in [1.29, 1.82) is 0 Å². The number of rotatable bonds is 2. The van der Waals surface area contributed by atoms with Gasteiger partial charge in [0, 0.05) is 18.7 Å². The van der Waals surface area contributed by atoms with Crippen LogP contribution in [0, 0.1) is 12.3 Å². The van der Waals surface area contributed by atoms with E-state index in [1.54, 1.807) is 18.7 Å². The molecule has 1 unspecified atom stereocenters. The number of nitrogens with one attached hydrogen (secondary N) is 1. The molecule has 6 heteroatoms. The van der Waals surface area contributed by atoms with Crippen molar-refractivity contribution in [1.82, 2.24) is 15.5 Å². The third kappa shape index (κ3) is 3.48. The van der Waals surface area contributed by atoms with Gasteiger partial charge in [0.2, 0.25) is 5.89 Å². The van der Waals surface area contributed by atoms with Crippen LogP contribution >= 0.6 is 11.8 Å². The van der Waals surface area contributed by atoms with Crippen molar-refractivity contribution in [2.45, 2.75) is 46.7 Å². The van der Waals surface area contributed by atoms with Crippen LogP contribution in [0.5, 0.6) is 0 Å². The highest BCUT2D eigenvalue weighted by Crippen LogP contribution is 2.27. The molecule has 5 nitrogen and oxygen atoms in total. The Morgan fingerprint density at radius 1 is 1.50 bits per heavy atom. The molecule has 0 aliphatic carbocycles. The van der Waals surface area contributed by atoms with Gasteiger partial charge in [-0.15, -0.1) is 0 Å². The Morgan fingerprint density at radius 3 is 2.89 bits per heavy atom. The van der Waals surface area contributed by atoms with Gasteiger partial charge in [-0.2, -0.15) is 4.98 Å². The Labute approximate surface area is 112 Å². The maximum atomic E-state index is 4.92. The first-order valence-electron chi connectivity index (χ1n) is 6.18. The number of aryl methyl sites for hydroxylation is 1. The fraction of sp³-hybridized carbons (Fsp3) is 0.750. The van der Waals surface area contributed by atoms with Gasteiger partial charge in [-0.05, 0) is 11.8 Å². The lowest BCUT2D eigenvalue weighted by Gasteiger charge is -2.35. The van der Waals surface area contributed by atoms with Gasteiger partial charge >= 0.3 is 0 Å². The highest BCUT2D eigenvalue weighted by Gasteiger charge is 2.28. The van der Waals surface area contributed by atoms with Crippen molar-refractivity contribution in [3.8, 4) is 0 Å². The number of aromatic nitrogens is 2. The molecule has 100 valence electrons. The maximum Gasteiger partial charge on any atom is 0.223 e. The highest BCUT2D eigenvalue weighted by atomic mass is 32.2. The Balaban J connectivity index is 1.96. The van der Waals surface area contributed by atoms with Crippen molar-refractivity contribution >= 4 is 16.9 Å². The largest absolute Gasteiger partial charge is 0.362 e. The second-order valence-corrected chi connectivity index (χ2v) is 6.63. The lowest BCUT2D eigenvalue weighted by atomic mass is 9.85. The molecule has 1 aromatic rings. The molecule has 1 saturated heterocycles. The minimum Gasteiger partial charge on any atom is -0.362 e. The standard InChI is InChI=1S/C12H20N4OS/c1-8-14-10(16-17-8)7-13-11-15-9(5-6-18-11)12(2,3)4/h9H,5-7H2,1-4H3,(H,13,15). The van der Waals surface area contributed by atoms with Gasteiger partial charge in [-0.3, -0.25) is 4.99 Å². The molecule has 1 N–H and O–H groups in total. The van der Waals surface area contributed by atoms with Crippen molar-refractivity contribution in [2.75, 3.05) is 5.75 Å². The lowest BCUT2D eigenvalue weighted by molar-refractivity contribution is 0.290. The second-order valence-electron chi connectivity index (χ2n) is 5.55. The molecule has 2 rings (SSSR count). The van der Waals surface area contributed by atoms with Gasteiger partial charge in [0.15, 0.2) is 11.0 Å². The van der Waals surface area contributed by atoms with E-state index in [9.17, 15) is 0 Å². The van der Waals surface area contributed by atoms with E-state index in [1.165, 1.54) is 6.42 Å². The smallest absolute Gasteiger partial charge is 0.223 e. The number of hydrogen-bond donors (Lipinski definition) is 1. The van der Waals surface area contributed by atoms with Gasteiger partial charge in [0.25, 0.3) is 0 Å². The quantitative estimate of drug-likeness (QED) is 0.892. The maximum absolute atomic E-state index is 4.92. The van der Waals surface area contributed by atoms with E-state index >= 15 is 0 Å². The minimum atomic E-state index is 0.254. The number of aliphatic imine (C=N–C) groups is 1. The zero-order valence-electron chi connectivity index (χ0n) is 11.4. The van der Waals surface area contributed by atoms with Crippen LogP contribution in [0.4, 0.5) is 0 Å². The van der Waals surface area contributed by atoms with Crippen LogP contribution in [-0.2, 0) is 6.54 Å². The van der Waals surface area contributed by atoms with Crippen molar-refractivity contribution in [2.24, 2.45) is 10.4 Å². The zero-order valence-corrected chi connectivity index (χ0v) is 12.2. The average molecular weight is 268 g/mol. The summed E-state index contributed by atoms with van der Waals surface area (Å²) in [5, 5.41) is 8.32. The SMILES string of the molecule is Cc1nc(CN=C2NC(C(C)(C)C)CCS2)no1. The summed E-state index contributed by atoms with van der Waals surface area (Å²) in [5.74, 6) is 2.33. The van der Waals surface area contributed by atoms with Crippen LogP contribution in [0.1, 0.15) is 38.9 Å². The molecule has 18 heavy (non-hydrogen) atoms. The van der Waals surface area contributed by atoms with Crippen molar-refractivity contribution in [3.63, 3.8) is 0 Å². The Morgan fingerprint density at radius 2 is 2.28 bits per heavy atom. The second kappa shape index (κ2) is 5.30. The van der Waals surface area contributed by atoms with Crippen LogP contribution in [0.15, 0.2) is 9.52 Å². The fourth-order valence-corrected chi connectivity index (χ4v) is 2.75. The first kappa shape index (κ1) is 13.4. The molecular formula is C12H20N4OS. The molecule has 0 spiro atoms. The monoisotopic (exact) mass is 268 g/mol. The summed E-state index contributed by atoms with van der Waals surface area (Å²) in [6.45, 7) is 9.01. The summed E-state index contributed by atoms with van der Waals surface area (Å²) in [7, 11) is 0. The average Bonchev–Trinajstić information content (AvgIpc) is 2.72. The number of nitrogens with zero attached hydrogens (tertiary/aromatic N) is 3. The Kier molecular flexibility index (Phi) is 3.94. The first-order chi connectivity index (χ1) is 8.45. The first-order valence-corrected chi connectivity index (χ1v) is 7.16. The molecule has 0 aromatic carbocycles. The van der Waals surface area contributed by atoms with Gasteiger partial charge in [-0.1, -0.05) is 37.7 Å². The summed E-state index contributed by atoms with van der Waals surface area (Å²) >= 11 is 1.76. The molecule has 1 fully saturated rings. The van der Waals surface area contributed by atoms with Crippen LogP contribution in [0.2, 0.25) is 0 Å². The zero-order chi connectivity index (χ0) is 13.2. The van der Waals surface area contributed by atoms with Gasteiger partial charge in [0.1, 0.15) is 6.54 Å². The summed E-state index contributed by atoms with van der Waals surface area (Å²) in [4.78, 5) is 8.65. The van der Waals surface area contributed by atoms with Gasteiger partial charge in [-0.25, -0.2) is 0 Å². The molecule has 0 saturated carbocycles. The normalized spacial score (nSPS) is 23.1. The third-order valence-corrected chi connectivity index (χ3v) is 3.88. The van der Waals surface area contributed by atoms with Crippen LogP contribution in [-0.4, -0.2) is 27.1 Å². The summed E-state index contributed by atoms with van der Waals surface area (Å²) in [6, 6.07) is 0.476. The molecule has 0 radical (unpaired) electrons. The number of hydrogen-bond acceptors (Lipinski definition) is 5. The lowest BCUT2D eigenvalue weighted by Crippen LogP contribution is -2.46. The summed E-state index contributed by atoms with van der Waals surface area (Å²) in [6.07, 6.45) is 1.18. The van der Waals surface area contributed by atoms with Crippen molar-refractivity contribution in [3.05, 3.63) is 11.7 Å². The molecular weight excluding hydrogens is 248 g/mol. The fourth-order valence-electron chi connectivity index (χ4n) is 1.83. The third-order valence-electron chi connectivity index (χ3n) is 2.92. The van der Waals surface area contributed by atoms with E-state index in [0.29, 0.717) is 24.3 Å². The molecule has 2 heterocycles. The predicted octanol–water partition coefficient (Wildman–Crippen LogP) is 2.38. The minimum absolute atomic E-state index is 0.254. The summed E-state index contributed by atoms with van der Waals surface area (Å²) in [5.41, 5.74) is 0.254. The highest BCUT2D eigenvalue weighted by molar-refractivity contribution is 8.13. The topological polar surface area (TPSA) is 63.3 Å². The van der Waals surface area contributed by atoms with Crippen LogP contribution < -0.4 is 5.32 Å². The van der Waals surface area contributed by atoms with Crippen LogP contribution in [0.25, 0.3) is 0 Å². The van der Waals surface area contributed by atoms with Crippen LogP contribution in [0.3, 0.4) is 0 Å². The number of amidine groups is 1. The summed E-state index contributed by atoms with van der Waals surface area (Å²) < 4.78 is 4.92. The van der Waals surface area contributed by atoms with Gasteiger partial charge in [0.05, 0.1) is 0 Å². The van der Waals surface area contributed by atoms with E-state index in [-0.39, 0.29) is 5.41 Å². The van der Waals surface area contributed by atoms with E-state index in [0.717, 1.165) is 10.9 Å². The molecule has 1 aliphatic rings. The van der Waals surface area contributed by atoms with E-state index in [2.05, 4.69) is 41.2 Å². The number of thioether (sulfide) groups is 1. The molecule has 0 bridgehead atoms. The Bertz CT molecular complexity index is 436. The molecule has 0 amide bonds. The van der Waals surface area contributed by atoms with Gasteiger partial charge < -0.3 is 9.84 Å². The van der Waals surface area contributed by atoms with E-state index in [4.69, 9.17) is 4.52 Å². The Hall–Kier alpha value is -1.04. The van der Waals surface area contributed by atoms with E-state index in [1.807, 2.05) is 0 Å². The predicted molar refractivity (Wildman–Crippen MR) is 73.6 cm³/mol. The van der Waals surface area contributed by atoms with E-state index < -0.39 is 0 Å². The molecule has 1 aromatic heterocycles. The van der Waals surface area contributed by atoms with Crippen molar-refractivity contribution < 1.29 is 4.52 Å². The molecule has 1 aliphatic heterocycles. The molecule has 1 atom stereocenters.